The van der Waals surface area contributed by atoms with Crippen molar-refractivity contribution in [2.45, 2.75) is 26.4 Å². The standard InChI is InChI=1S/C13H20N2O2/c1-13(2,3)17-9-12(16)15(4)11-8-6-5-7-10(11)14/h5-8H,9,14H2,1-4H3. The summed E-state index contributed by atoms with van der Waals surface area (Å²) < 4.78 is 5.44. The van der Waals surface area contributed by atoms with Crippen molar-refractivity contribution in [3.8, 4) is 0 Å². The van der Waals surface area contributed by atoms with Crippen LogP contribution in [0.2, 0.25) is 0 Å². The average Bonchev–Trinajstić information content (AvgIpc) is 2.24. The Morgan fingerprint density at radius 1 is 1.35 bits per heavy atom. The fourth-order valence-electron chi connectivity index (χ4n) is 1.30. The Morgan fingerprint density at radius 2 is 1.94 bits per heavy atom. The van der Waals surface area contributed by atoms with E-state index in [0.29, 0.717) is 11.4 Å². The van der Waals surface area contributed by atoms with Gasteiger partial charge in [0.1, 0.15) is 6.61 Å². The number of hydrogen-bond donors (Lipinski definition) is 1. The second kappa shape index (κ2) is 5.19. The van der Waals surface area contributed by atoms with Crippen molar-refractivity contribution in [1.82, 2.24) is 0 Å². The van der Waals surface area contributed by atoms with Crippen LogP contribution in [0.1, 0.15) is 20.8 Å². The Morgan fingerprint density at radius 3 is 2.47 bits per heavy atom. The molecule has 94 valence electrons. The van der Waals surface area contributed by atoms with E-state index in [0.717, 1.165) is 0 Å². The van der Waals surface area contributed by atoms with Crippen LogP contribution in [-0.2, 0) is 9.53 Å². The molecular formula is C13H20N2O2. The Labute approximate surface area is 102 Å². The maximum atomic E-state index is 11.9. The largest absolute Gasteiger partial charge is 0.397 e. The minimum Gasteiger partial charge on any atom is -0.397 e. The van der Waals surface area contributed by atoms with Gasteiger partial charge < -0.3 is 15.4 Å². The first-order chi connectivity index (χ1) is 7.81. The molecule has 17 heavy (non-hydrogen) atoms. The number of nitrogens with zero attached hydrogens (tertiary/aromatic N) is 1. The van der Waals surface area contributed by atoms with Crippen LogP contribution >= 0.6 is 0 Å². The Hall–Kier alpha value is -1.55. The number of nitrogens with two attached hydrogens (primary N) is 1. The molecule has 0 saturated heterocycles. The van der Waals surface area contributed by atoms with Crippen LogP contribution in [0.15, 0.2) is 24.3 Å². The number of para-hydroxylation sites is 2. The smallest absolute Gasteiger partial charge is 0.252 e. The van der Waals surface area contributed by atoms with E-state index in [1.54, 1.807) is 13.1 Å². The fraction of sp³-hybridized carbons (Fsp3) is 0.462. The number of rotatable bonds is 3. The van der Waals surface area contributed by atoms with Crippen molar-refractivity contribution in [2.24, 2.45) is 0 Å². The number of likely N-dealkylation sites (N-methyl/N-ethyl adjacent to an activating group) is 1. The van der Waals surface area contributed by atoms with Crippen LogP contribution in [0.5, 0.6) is 0 Å². The quantitative estimate of drug-likeness (QED) is 0.817. The first-order valence-electron chi connectivity index (χ1n) is 5.56. The van der Waals surface area contributed by atoms with Gasteiger partial charge in [0, 0.05) is 7.05 Å². The van der Waals surface area contributed by atoms with Gasteiger partial charge in [-0.05, 0) is 32.9 Å². The molecule has 0 radical (unpaired) electrons. The number of amides is 1. The predicted octanol–water partition coefficient (Wildman–Crippen LogP) is 2.05. The molecule has 0 aliphatic rings. The van der Waals surface area contributed by atoms with Crippen molar-refractivity contribution < 1.29 is 9.53 Å². The zero-order valence-electron chi connectivity index (χ0n) is 10.9. The van der Waals surface area contributed by atoms with Gasteiger partial charge in [-0.15, -0.1) is 0 Å². The van der Waals surface area contributed by atoms with Gasteiger partial charge in [-0.1, -0.05) is 12.1 Å². The normalized spacial score (nSPS) is 11.3. The molecule has 4 nitrogen and oxygen atoms in total. The summed E-state index contributed by atoms with van der Waals surface area (Å²) in [7, 11) is 1.69. The fourth-order valence-corrected chi connectivity index (χ4v) is 1.30. The highest BCUT2D eigenvalue weighted by Gasteiger charge is 2.17. The predicted molar refractivity (Wildman–Crippen MR) is 70.0 cm³/mol. The Balaban J connectivity index is 2.68. The third-order valence-electron chi connectivity index (χ3n) is 2.30. The van der Waals surface area contributed by atoms with E-state index in [9.17, 15) is 4.79 Å². The highest BCUT2D eigenvalue weighted by atomic mass is 16.5. The first-order valence-corrected chi connectivity index (χ1v) is 5.56. The first kappa shape index (κ1) is 13.5. The second-order valence-electron chi connectivity index (χ2n) is 4.91. The molecule has 0 aromatic heterocycles. The summed E-state index contributed by atoms with van der Waals surface area (Å²) in [5, 5.41) is 0. The number of benzene rings is 1. The van der Waals surface area contributed by atoms with E-state index >= 15 is 0 Å². The summed E-state index contributed by atoms with van der Waals surface area (Å²) in [6, 6.07) is 7.26. The molecule has 0 aliphatic carbocycles. The van der Waals surface area contributed by atoms with Gasteiger partial charge >= 0.3 is 0 Å². The zero-order chi connectivity index (χ0) is 13.1. The van der Waals surface area contributed by atoms with Crippen molar-refractivity contribution >= 4 is 17.3 Å². The SMILES string of the molecule is CN(C(=O)COC(C)(C)C)c1ccccc1N. The molecule has 4 heteroatoms. The molecular weight excluding hydrogens is 216 g/mol. The monoisotopic (exact) mass is 236 g/mol. The maximum absolute atomic E-state index is 11.9. The number of carbonyl (C=O) groups excluding carboxylic acids is 1. The molecule has 1 rings (SSSR count). The van der Waals surface area contributed by atoms with Crippen LogP contribution in [-0.4, -0.2) is 25.2 Å². The maximum Gasteiger partial charge on any atom is 0.252 e. The molecule has 0 aliphatic heterocycles. The number of nitrogen functional groups attached to an aromatic ring is 1. The van der Waals surface area contributed by atoms with E-state index in [1.807, 2.05) is 39.0 Å². The molecule has 0 unspecified atom stereocenters. The second-order valence-corrected chi connectivity index (χ2v) is 4.91. The van der Waals surface area contributed by atoms with Gasteiger partial charge in [-0.25, -0.2) is 0 Å². The van der Waals surface area contributed by atoms with Gasteiger partial charge in [0.25, 0.3) is 5.91 Å². The molecule has 0 atom stereocenters. The van der Waals surface area contributed by atoms with Crippen LogP contribution in [0, 0.1) is 0 Å². The van der Waals surface area contributed by atoms with Crippen molar-refractivity contribution in [3.05, 3.63) is 24.3 Å². The van der Waals surface area contributed by atoms with Crippen LogP contribution < -0.4 is 10.6 Å². The van der Waals surface area contributed by atoms with Gasteiger partial charge in [0.15, 0.2) is 0 Å². The molecule has 0 bridgehead atoms. The highest BCUT2D eigenvalue weighted by molar-refractivity contribution is 5.96. The molecule has 2 N–H and O–H groups in total. The Kier molecular flexibility index (Phi) is 4.12. The van der Waals surface area contributed by atoms with Gasteiger partial charge in [0.05, 0.1) is 17.0 Å². The molecule has 0 saturated carbocycles. The van der Waals surface area contributed by atoms with Crippen molar-refractivity contribution in [2.75, 3.05) is 24.3 Å². The highest BCUT2D eigenvalue weighted by Crippen LogP contribution is 2.21. The minimum atomic E-state index is -0.321. The minimum absolute atomic E-state index is 0.0499. The molecule has 0 heterocycles. The lowest BCUT2D eigenvalue weighted by atomic mass is 10.2. The summed E-state index contributed by atoms with van der Waals surface area (Å²) in [5.74, 6) is -0.113. The van der Waals surface area contributed by atoms with E-state index in [4.69, 9.17) is 10.5 Å². The molecule has 0 spiro atoms. The van der Waals surface area contributed by atoms with Gasteiger partial charge in [-0.2, -0.15) is 0 Å². The topological polar surface area (TPSA) is 55.6 Å². The lowest BCUT2D eigenvalue weighted by Crippen LogP contribution is -2.34. The van der Waals surface area contributed by atoms with Crippen LogP contribution in [0.3, 0.4) is 0 Å². The van der Waals surface area contributed by atoms with Crippen molar-refractivity contribution in [1.29, 1.82) is 0 Å². The summed E-state index contributed by atoms with van der Waals surface area (Å²) in [6.07, 6.45) is 0. The molecule has 0 fully saturated rings. The van der Waals surface area contributed by atoms with E-state index in [1.165, 1.54) is 4.90 Å². The lowest BCUT2D eigenvalue weighted by Gasteiger charge is -2.23. The summed E-state index contributed by atoms with van der Waals surface area (Å²) in [6.45, 7) is 5.79. The van der Waals surface area contributed by atoms with Crippen LogP contribution in [0.25, 0.3) is 0 Å². The molecule has 1 aromatic rings. The average molecular weight is 236 g/mol. The third kappa shape index (κ3) is 4.07. The van der Waals surface area contributed by atoms with E-state index < -0.39 is 0 Å². The van der Waals surface area contributed by atoms with Gasteiger partial charge in [0.2, 0.25) is 0 Å². The lowest BCUT2D eigenvalue weighted by molar-refractivity contribution is -0.127. The molecule has 1 aromatic carbocycles. The van der Waals surface area contributed by atoms with Crippen LogP contribution in [0.4, 0.5) is 11.4 Å². The zero-order valence-corrected chi connectivity index (χ0v) is 10.9. The number of carbonyl (C=O) groups is 1. The third-order valence-corrected chi connectivity index (χ3v) is 2.30. The Bertz CT molecular complexity index is 397. The van der Waals surface area contributed by atoms with Gasteiger partial charge in [-0.3, -0.25) is 4.79 Å². The summed E-state index contributed by atoms with van der Waals surface area (Å²) in [5.41, 5.74) is 6.77. The van der Waals surface area contributed by atoms with E-state index in [2.05, 4.69) is 0 Å². The number of ether oxygens (including phenoxy) is 1. The number of hydrogen-bond acceptors (Lipinski definition) is 3. The summed E-state index contributed by atoms with van der Waals surface area (Å²) >= 11 is 0. The van der Waals surface area contributed by atoms with E-state index in [-0.39, 0.29) is 18.1 Å². The number of anilines is 2. The molecule has 1 amide bonds. The van der Waals surface area contributed by atoms with Crippen molar-refractivity contribution in [3.63, 3.8) is 0 Å². The summed E-state index contributed by atoms with van der Waals surface area (Å²) in [4.78, 5) is 13.4.